The number of carbonyl (C=O) groups is 3. The quantitative estimate of drug-likeness (QED) is 0.398. The highest BCUT2D eigenvalue weighted by molar-refractivity contribution is 7.99. The zero-order valence-corrected chi connectivity index (χ0v) is 18.2. The predicted octanol–water partition coefficient (Wildman–Crippen LogP) is 4.99. The molecule has 2 aliphatic rings. The number of cyclic esters (lactones) is 1. The minimum Gasteiger partial charge on any atom is -0.453 e. The highest BCUT2D eigenvalue weighted by Crippen LogP contribution is 2.47. The number of benzene rings is 3. The molecule has 0 bridgehead atoms. The average Bonchev–Trinajstić information content (AvgIpc) is 3.11. The molecule has 5 rings (SSSR count). The number of ketones is 2. The molecule has 2 unspecified atom stereocenters. The molecule has 0 saturated carbocycles. The highest BCUT2D eigenvalue weighted by atomic mass is 32.2. The maximum atomic E-state index is 13.2. The van der Waals surface area contributed by atoms with Crippen LogP contribution in [0.5, 0.6) is 0 Å². The number of Topliss-reactive ketones (excluding diaryl/α,β-unsaturated/α-hetero) is 2. The van der Waals surface area contributed by atoms with Crippen molar-refractivity contribution < 1.29 is 19.1 Å². The molecule has 0 aliphatic carbocycles. The standard InChI is InChI=1S/C27H22O4S/c28-21(25-26(29)22(31-27(25)30)15-14-17-8-2-1-3-9-17)16-20-18-10-4-6-12-23(18)32-24-13-7-5-11-19(20)24/h1-13,20,22,25H,14-16H2. The summed E-state index contributed by atoms with van der Waals surface area (Å²) >= 11 is 1.68. The molecule has 0 N–H and O–H groups in total. The lowest BCUT2D eigenvalue weighted by Crippen LogP contribution is -2.29. The van der Waals surface area contributed by atoms with Crippen molar-refractivity contribution in [1.82, 2.24) is 0 Å². The fourth-order valence-electron chi connectivity index (χ4n) is 4.55. The highest BCUT2D eigenvalue weighted by Gasteiger charge is 2.48. The fraction of sp³-hybridized carbons (Fsp3) is 0.222. The van der Waals surface area contributed by atoms with Crippen molar-refractivity contribution in [3.63, 3.8) is 0 Å². The van der Waals surface area contributed by atoms with Gasteiger partial charge in [-0.3, -0.25) is 14.4 Å². The van der Waals surface area contributed by atoms with Gasteiger partial charge < -0.3 is 4.74 Å². The molecule has 0 radical (unpaired) electrons. The average molecular weight is 443 g/mol. The zero-order chi connectivity index (χ0) is 22.1. The molecule has 32 heavy (non-hydrogen) atoms. The van der Waals surface area contributed by atoms with Gasteiger partial charge in [0.1, 0.15) is 0 Å². The summed E-state index contributed by atoms with van der Waals surface area (Å²) in [5.74, 6) is -2.96. The number of hydrogen-bond acceptors (Lipinski definition) is 5. The van der Waals surface area contributed by atoms with E-state index in [1.165, 1.54) is 0 Å². The number of esters is 1. The van der Waals surface area contributed by atoms with Crippen LogP contribution >= 0.6 is 11.8 Å². The van der Waals surface area contributed by atoms with Crippen molar-refractivity contribution in [1.29, 1.82) is 0 Å². The van der Waals surface area contributed by atoms with Gasteiger partial charge in [0.25, 0.3) is 0 Å². The third-order valence-electron chi connectivity index (χ3n) is 6.17. The van der Waals surface area contributed by atoms with Crippen LogP contribution in [-0.4, -0.2) is 23.6 Å². The number of ether oxygens (including phenoxy) is 1. The minimum atomic E-state index is -1.32. The topological polar surface area (TPSA) is 60.4 Å². The van der Waals surface area contributed by atoms with E-state index in [1.807, 2.05) is 78.9 Å². The van der Waals surface area contributed by atoms with E-state index in [1.54, 1.807) is 11.8 Å². The molecule has 3 aromatic carbocycles. The molecule has 0 amide bonds. The zero-order valence-electron chi connectivity index (χ0n) is 17.4. The Morgan fingerprint density at radius 2 is 1.41 bits per heavy atom. The number of carbonyl (C=O) groups excluding carboxylic acids is 3. The number of aryl methyl sites for hydroxylation is 1. The van der Waals surface area contributed by atoms with Crippen LogP contribution in [0, 0.1) is 5.92 Å². The van der Waals surface area contributed by atoms with Gasteiger partial charge in [-0.05, 0) is 41.7 Å². The van der Waals surface area contributed by atoms with Crippen molar-refractivity contribution in [2.45, 2.75) is 41.1 Å². The van der Waals surface area contributed by atoms with Crippen molar-refractivity contribution in [3.8, 4) is 0 Å². The lowest BCUT2D eigenvalue weighted by Gasteiger charge is -2.27. The van der Waals surface area contributed by atoms with Crippen LogP contribution in [0.15, 0.2) is 88.7 Å². The first-order chi connectivity index (χ1) is 15.6. The van der Waals surface area contributed by atoms with Crippen molar-refractivity contribution in [2.24, 2.45) is 5.92 Å². The van der Waals surface area contributed by atoms with Crippen LogP contribution in [0.4, 0.5) is 0 Å². The maximum Gasteiger partial charge on any atom is 0.325 e. The second kappa shape index (κ2) is 8.75. The summed E-state index contributed by atoms with van der Waals surface area (Å²) in [6.07, 6.45) is 0.264. The first-order valence-corrected chi connectivity index (χ1v) is 11.6. The normalized spacial score (nSPS) is 19.9. The molecule has 2 aliphatic heterocycles. The van der Waals surface area contributed by atoms with Gasteiger partial charge in [0.15, 0.2) is 23.6 Å². The molecule has 3 aromatic rings. The monoisotopic (exact) mass is 442 g/mol. The Morgan fingerprint density at radius 3 is 2.06 bits per heavy atom. The van der Waals surface area contributed by atoms with E-state index >= 15 is 0 Å². The van der Waals surface area contributed by atoms with Crippen LogP contribution in [0.2, 0.25) is 0 Å². The van der Waals surface area contributed by atoms with Crippen molar-refractivity contribution >= 4 is 29.3 Å². The van der Waals surface area contributed by atoms with Gasteiger partial charge in [-0.1, -0.05) is 78.5 Å². The third-order valence-corrected chi connectivity index (χ3v) is 7.35. The summed E-state index contributed by atoms with van der Waals surface area (Å²) in [5, 5.41) is 0. The Labute approximate surface area is 191 Å². The Hall–Kier alpha value is -3.18. The Kier molecular flexibility index (Phi) is 5.66. The van der Waals surface area contributed by atoms with E-state index in [0.717, 1.165) is 26.5 Å². The summed E-state index contributed by atoms with van der Waals surface area (Å²) in [6.45, 7) is 0. The molecule has 4 nitrogen and oxygen atoms in total. The van der Waals surface area contributed by atoms with Crippen LogP contribution < -0.4 is 0 Å². The smallest absolute Gasteiger partial charge is 0.325 e. The Balaban J connectivity index is 1.34. The second-order valence-electron chi connectivity index (χ2n) is 8.19. The number of hydrogen-bond donors (Lipinski definition) is 0. The molecule has 0 aromatic heterocycles. The van der Waals surface area contributed by atoms with Crippen LogP contribution in [-0.2, 0) is 25.5 Å². The van der Waals surface area contributed by atoms with Crippen molar-refractivity contribution in [2.75, 3.05) is 0 Å². The van der Waals surface area contributed by atoms with Gasteiger partial charge in [0.05, 0.1) is 0 Å². The third kappa shape index (κ3) is 3.89. The van der Waals surface area contributed by atoms with Gasteiger partial charge >= 0.3 is 5.97 Å². The van der Waals surface area contributed by atoms with E-state index in [0.29, 0.717) is 12.8 Å². The molecule has 2 heterocycles. The molecular formula is C27H22O4S. The van der Waals surface area contributed by atoms with Gasteiger partial charge in [0, 0.05) is 22.1 Å². The molecule has 0 spiro atoms. The lowest BCUT2D eigenvalue weighted by atomic mass is 9.83. The van der Waals surface area contributed by atoms with Crippen molar-refractivity contribution in [3.05, 3.63) is 95.6 Å². The van der Waals surface area contributed by atoms with E-state index in [-0.39, 0.29) is 18.1 Å². The van der Waals surface area contributed by atoms with E-state index in [9.17, 15) is 14.4 Å². The Morgan fingerprint density at radius 1 is 0.812 bits per heavy atom. The van der Waals surface area contributed by atoms with Crippen LogP contribution in [0.1, 0.15) is 35.4 Å². The summed E-state index contributed by atoms with van der Waals surface area (Å²) < 4.78 is 5.34. The second-order valence-corrected chi connectivity index (χ2v) is 9.27. The first-order valence-electron chi connectivity index (χ1n) is 10.8. The summed E-state index contributed by atoms with van der Waals surface area (Å²) in [5.41, 5.74) is 3.19. The lowest BCUT2D eigenvalue weighted by molar-refractivity contribution is -0.147. The fourth-order valence-corrected chi connectivity index (χ4v) is 5.74. The molecule has 2 atom stereocenters. The van der Waals surface area contributed by atoms with Crippen LogP contribution in [0.25, 0.3) is 0 Å². The number of rotatable bonds is 6. The van der Waals surface area contributed by atoms with Crippen LogP contribution in [0.3, 0.4) is 0 Å². The van der Waals surface area contributed by atoms with E-state index < -0.39 is 23.8 Å². The van der Waals surface area contributed by atoms with Gasteiger partial charge in [0.2, 0.25) is 0 Å². The maximum absolute atomic E-state index is 13.2. The first kappa shape index (κ1) is 20.7. The van der Waals surface area contributed by atoms with Gasteiger partial charge in [-0.2, -0.15) is 0 Å². The van der Waals surface area contributed by atoms with E-state index in [2.05, 4.69) is 0 Å². The molecule has 1 fully saturated rings. The summed E-state index contributed by atoms with van der Waals surface area (Å²) in [7, 11) is 0. The molecule has 160 valence electrons. The SMILES string of the molecule is O=C(CC1c2ccccc2Sc2ccccc21)C1C(=O)OC(CCc2ccccc2)C1=O. The van der Waals surface area contributed by atoms with Gasteiger partial charge in [-0.15, -0.1) is 0 Å². The largest absolute Gasteiger partial charge is 0.453 e. The summed E-state index contributed by atoms with van der Waals surface area (Å²) in [6, 6.07) is 25.7. The van der Waals surface area contributed by atoms with E-state index in [4.69, 9.17) is 4.74 Å². The predicted molar refractivity (Wildman–Crippen MR) is 122 cm³/mol. The molecular weight excluding hydrogens is 420 g/mol. The minimum absolute atomic E-state index is 0.103. The molecule has 1 saturated heterocycles. The molecule has 5 heteroatoms. The number of fused-ring (bicyclic) bond motifs is 2. The Bertz CT molecular complexity index is 1140. The summed E-state index contributed by atoms with van der Waals surface area (Å²) in [4.78, 5) is 40.9. The van der Waals surface area contributed by atoms with Gasteiger partial charge in [-0.25, -0.2) is 0 Å².